The Hall–Kier alpha value is -4.55. The highest BCUT2D eigenvalue weighted by molar-refractivity contribution is 6.34. The molecule has 20 heteroatoms. The molecule has 3 aromatic rings. The summed E-state index contributed by atoms with van der Waals surface area (Å²) in [5.74, 6) is -5.64. The molecule has 0 fully saturated rings. The van der Waals surface area contributed by atoms with Crippen molar-refractivity contribution in [2.45, 2.75) is 31.0 Å². The number of alkyl halides is 12. The van der Waals surface area contributed by atoms with Crippen molar-refractivity contribution in [1.29, 1.82) is 0 Å². The van der Waals surface area contributed by atoms with E-state index < -0.39 is 87.5 Å². The van der Waals surface area contributed by atoms with Crippen molar-refractivity contribution in [1.82, 2.24) is 0 Å². The molecular formula is C26H15ClF12N2O5. The topological polar surface area (TPSA) is 85.9 Å². The van der Waals surface area contributed by atoms with Crippen LogP contribution in [-0.4, -0.2) is 44.3 Å². The average Bonchev–Trinajstić information content (AvgIpc) is 2.91. The number of methoxy groups -OCH3 is 1. The lowest BCUT2D eigenvalue weighted by Crippen LogP contribution is -2.50. The second kappa shape index (κ2) is 13.1. The summed E-state index contributed by atoms with van der Waals surface area (Å²) >= 11 is 5.74. The maximum Gasteiger partial charge on any atom is 0.573 e. The normalized spacial score (nSPS) is 12.5. The Morgan fingerprint density at radius 2 is 1.33 bits per heavy atom. The smallest absolute Gasteiger partial charge is 0.494 e. The molecule has 0 saturated heterocycles. The Labute approximate surface area is 254 Å². The number of amides is 2. The predicted octanol–water partition coefficient (Wildman–Crippen LogP) is 8.64. The van der Waals surface area contributed by atoms with E-state index in [1.807, 2.05) is 5.32 Å². The molecule has 0 heterocycles. The summed E-state index contributed by atoms with van der Waals surface area (Å²) in [7, 11) is 0.949. The highest BCUT2D eigenvalue weighted by Crippen LogP contribution is 2.55. The van der Waals surface area contributed by atoms with Crippen LogP contribution in [0.1, 0.15) is 26.3 Å². The summed E-state index contributed by atoms with van der Waals surface area (Å²) in [6, 6.07) is 6.66. The van der Waals surface area contributed by atoms with Gasteiger partial charge < -0.3 is 24.8 Å². The van der Waals surface area contributed by atoms with Crippen LogP contribution in [-0.2, 0) is 5.67 Å². The molecule has 0 aliphatic rings. The standard InChI is InChI=1S/C26H15ClF12N2O5/c1-44-19-13(6-4-7-15(19)40-20(42)12-5-2-3-8-16(12)46-26(37,38)39)21(43)41-18-14(27)9-11(10-17(18)45-22(28)29)23(30,24(31,32)33)25(34,35)36/h2-10,22H,1H3,(H,40,42)(H,41,43). The molecule has 46 heavy (non-hydrogen) atoms. The van der Waals surface area contributed by atoms with Crippen LogP contribution in [0, 0.1) is 0 Å². The van der Waals surface area contributed by atoms with Crippen molar-refractivity contribution in [2.24, 2.45) is 0 Å². The zero-order chi connectivity index (χ0) is 34.8. The maximum atomic E-state index is 14.6. The van der Waals surface area contributed by atoms with Crippen LogP contribution in [0.4, 0.5) is 64.1 Å². The Bertz CT molecular complexity index is 1600. The Morgan fingerprint density at radius 3 is 1.87 bits per heavy atom. The molecule has 0 aliphatic carbocycles. The number of anilines is 2. The van der Waals surface area contributed by atoms with Crippen molar-refractivity contribution >= 4 is 34.8 Å². The van der Waals surface area contributed by atoms with E-state index in [0.29, 0.717) is 0 Å². The average molecular weight is 699 g/mol. The molecule has 2 amide bonds. The number of benzene rings is 3. The summed E-state index contributed by atoms with van der Waals surface area (Å²) in [6.07, 6.45) is -18.5. The molecule has 7 nitrogen and oxygen atoms in total. The van der Waals surface area contributed by atoms with E-state index in [4.69, 9.17) is 16.3 Å². The monoisotopic (exact) mass is 698 g/mol. The zero-order valence-electron chi connectivity index (χ0n) is 22.2. The molecule has 0 aliphatic heterocycles. The third-order valence-electron chi connectivity index (χ3n) is 5.76. The quantitative estimate of drug-likeness (QED) is 0.219. The van der Waals surface area contributed by atoms with E-state index in [1.165, 1.54) is 6.07 Å². The summed E-state index contributed by atoms with van der Waals surface area (Å²) in [6.45, 7) is -3.93. The molecule has 0 radical (unpaired) electrons. The van der Waals surface area contributed by atoms with E-state index in [0.717, 1.165) is 43.5 Å². The van der Waals surface area contributed by atoms with Gasteiger partial charge in [0.05, 0.1) is 28.9 Å². The van der Waals surface area contributed by atoms with E-state index >= 15 is 0 Å². The van der Waals surface area contributed by atoms with Gasteiger partial charge in [-0.1, -0.05) is 29.8 Å². The first kappa shape index (κ1) is 35.9. The van der Waals surface area contributed by atoms with Crippen molar-refractivity contribution in [3.63, 3.8) is 0 Å². The second-order valence-electron chi connectivity index (χ2n) is 8.70. The minimum absolute atomic E-state index is 0.217. The van der Waals surface area contributed by atoms with Gasteiger partial charge in [-0.2, -0.15) is 35.1 Å². The van der Waals surface area contributed by atoms with Gasteiger partial charge in [0.2, 0.25) is 0 Å². The predicted molar refractivity (Wildman–Crippen MR) is 135 cm³/mol. The molecule has 0 unspecified atom stereocenters. The van der Waals surface area contributed by atoms with E-state index in [1.54, 1.807) is 0 Å². The number of halogens is 13. The van der Waals surface area contributed by atoms with Crippen LogP contribution in [0.5, 0.6) is 17.2 Å². The fourth-order valence-corrected chi connectivity index (χ4v) is 4.11. The van der Waals surface area contributed by atoms with Gasteiger partial charge in [0.15, 0.2) is 11.5 Å². The summed E-state index contributed by atoms with van der Waals surface area (Å²) in [5.41, 5.74) is -11.1. The number of carbonyl (C=O) groups is 2. The van der Waals surface area contributed by atoms with E-state index in [-0.39, 0.29) is 17.8 Å². The first-order valence-corrected chi connectivity index (χ1v) is 12.2. The minimum Gasteiger partial charge on any atom is -0.494 e. The Morgan fingerprint density at radius 1 is 0.761 bits per heavy atom. The Kier molecular flexibility index (Phi) is 10.2. The number of hydrogen-bond acceptors (Lipinski definition) is 5. The van der Waals surface area contributed by atoms with Crippen molar-refractivity contribution in [2.75, 3.05) is 17.7 Å². The van der Waals surface area contributed by atoms with Gasteiger partial charge in [0, 0.05) is 5.56 Å². The molecule has 3 aromatic carbocycles. The van der Waals surface area contributed by atoms with Gasteiger partial charge in [-0.25, -0.2) is 4.39 Å². The van der Waals surface area contributed by atoms with E-state index in [9.17, 15) is 62.3 Å². The first-order valence-electron chi connectivity index (χ1n) is 11.9. The number of nitrogens with one attached hydrogen (secondary N) is 2. The van der Waals surface area contributed by atoms with Crippen molar-refractivity contribution in [3.8, 4) is 17.2 Å². The van der Waals surface area contributed by atoms with Crippen molar-refractivity contribution in [3.05, 3.63) is 76.3 Å². The molecule has 3 rings (SSSR count). The molecular weight excluding hydrogens is 684 g/mol. The first-order chi connectivity index (χ1) is 21.1. The molecule has 0 bridgehead atoms. The fourth-order valence-electron chi connectivity index (χ4n) is 3.85. The van der Waals surface area contributed by atoms with Crippen LogP contribution in [0.25, 0.3) is 0 Å². The molecule has 0 atom stereocenters. The number of ether oxygens (including phenoxy) is 3. The van der Waals surface area contributed by atoms with Gasteiger partial charge in [0.1, 0.15) is 11.4 Å². The van der Waals surface area contributed by atoms with Gasteiger partial charge in [0.25, 0.3) is 11.8 Å². The van der Waals surface area contributed by atoms with Crippen LogP contribution >= 0.6 is 11.6 Å². The molecule has 0 spiro atoms. The van der Waals surface area contributed by atoms with Gasteiger partial charge in [-0.15, -0.1) is 13.2 Å². The van der Waals surface area contributed by atoms with E-state index in [2.05, 4.69) is 14.8 Å². The van der Waals surface area contributed by atoms with Gasteiger partial charge >= 0.3 is 31.0 Å². The number of hydrogen-bond donors (Lipinski definition) is 2. The number of carbonyl (C=O) groups excluding carboxylic acids is 2. The fraction of sp³-hybridized carbons (Fsp3) is 0.231. The molecule has 250 valence electrons. The Balaban J connectivity index is 2.04. The van der Waals surface area contributed by atoms with Crippen LogP contribution in [0.2, 0.25) is 5.02 Å². The maximum absolute atomic E-state index is 14.6. The number of para-hydroxylation sites is 2. The van der Waals surface area contributed by atoms with Gasteiger partial charge in [-0.3, -0.25) is 9.59 Å². The lowest BCUT2D eigenvalue weighted by molar-refractivity contribution is -0.348. The second-order valence-corrected chi connectivity index (χ2v) is 9.11. The molecule has 2 N–H and O–H groups in total. The third-order valence-corrected chi connectivity index (χ3v) is 6.06. The van der Waals surface area contributed by atoms with Crippen LogP contribution in [0.15, 0.2) is 54.6 Å². The van der Waals surface area contributed by atoms with Gasteiger partial charge in [-0.05, 0) is 36.4 Å². The molecule has 0 saturated carbocycles. The SMILES string of the molecule is COc1c(NC(=O)c2ccccc2OC(F)(F)F)cccc1C(=O)Nc1c(Cl)cc(C(F)(C(F)(F)F)C(F)(F)F)cc1OC(F)F. The summed E-state index contributed by atoms with van der Waals surface area (Å²) < 4.78 is 171. The van der Waals surface area contributed by atoms with Crippen LogP contribution < -0.4 is 24.8 Å². The highest BCUT2D eigenvalue weighted by Gasteiger charge is 2.73. The lowest BCUT2D eigenvalue weighted by Gasteiger charge is -2.31. The summed E-state index contributed by atoms with van der Waals surface area (Å²) in [5, 5.41) is 2.69. The number of rotatable bonds is 9. The largest absolute Gasteiger partial charge is 0.573 e. The third kappa shape index (κ3) is 7.63. The van der Waals surface area contributed by atoms with Crippen molar-refractivity contribution < 1.29 is 76.5 Å². The minimum atomic E-state index is -6.65. The van der Waals surface area contributed by atoms with Crippen LogP contribution in [0.3, 0.4) is 0 Å². The lowest BCUT2D eigenvalue weighted by atomic mass is 9.93. The zero-order valence-corrected chi connectivity index (χ0v) is 23.0. The summed E-state index contributed by atoms with van der Waals surface area (Å²) in [4.78, 5) is 25.9. The highest BCUT2D eigenvalue weighted by atomic mass is 35.5. The molecule has 0 aromatic heterocycles.